The highest BCUT2D eigenvalue weighted by molar-refractivity contribution is 6.31. The van der Waals surface area contributed by atoms with Gasteiger partial charge in [0.2, 0.25) is 0 Å². The van der Waals surface area contributed by atoms with Crippen molar-refractivity contribution >= 4 is 24.0 Å². The summed E-state index contributed by atoms with van der Waals surface area (Å²) in [7, 11) is 0. The third-order valence-electron chi connectivity index (χ3n) is 1.81. The first-order valence-electron chi connectivity index (χ1n) is 3.86. The molecule has 0 fully saturated rings. The lowest BCUT2D eigenvalue weighted by molar-refractivity contribution is 0.575. The molecule has 1 nitrogen and oxygen atoms in total. The van der Waals surface area contributed by atoms with Gasteiger partial charge in [-0.05, 0) is 18.6 Å². The molecular weight excluding hydrogens is 212 g/mol. The lowest BCUT2D eigenvalue weighted by Gasteiger charge is -2.11. The third kappa shape index (κ3) is 2.83. The van der Waals surface area contributed by atoms with Gasteiger partial charge in [0.25, 0.3) is 0 Å². The van der Waals surface area contributed by atoms with Crippen LogP contribution in [0.3, 0.4) is 0 Å². The molecule has 0 aliphatic heterocycles. The highest BCUT2D eigenvalue weighted by atomic mass is 35.5. The Morgan fingerprint density at radius 2 is 2.15 bits per heavy atom. The Balaban J connectivity index is 0.00000144. The zero-order valence-electron chi connectivity index (χ0n) is 7.26. The van der Waals surface area contributed by atoms with Crippen LogP contribution in [0, 0.1) is 5.82 Å². The first-order chi connectivity index (χ1) is 5.66. The molecule has 0 spiro atoms. The topological polar surface area (TPSA) is 26.0 Å². The van der Waals surface area contributed by atoms with Gasteiger partial charge in [-0.3, -0.25) is 0 Å². The highest BCUT2D eigenvalue weighted by Crippen LogP contribution is 2.25. The molecule has 0 radical (unpaired) electrons. The SMILES string of the molecule is CC[C@@H](N)c1c(F)cccc1Cl.Cl. The van der Waals surface area contributed by atoms with E-state index in [1.807, 2.05) is 6.92 Å². The Morgan fingerprint density at radius 3 is 2.62 bits per heavy atom. The predicted molar refractivity (Wildman–Crippen MR) is 55.9 cm³/mol. The molecule has 0 amide bonds. The quantitative estimate of drug-likeness (QED) is 0.819. The second kappa shape index (κ2) is 5.43. The van der Waals surface area contributed by atoms with E-state index in [0.717, 1.165) is 0 Å². The Hall–Kier alpha value is -0.310. The summed E-state index contributed by atoms with van der Waals surface area (Å²) < 4.78 is 13.1. The van der Waals surface area contributed by atoms with Crippen molar-refractivity contribution in [2.45, 2.75) is 19.4 Å². The monoisotopic (exact) mass is 223 g/mol. The number of benzene rings is 1. The van der Waals surface area contributed by atoms with Crippen LogP contribution in [0.4, 0.5) is 4.39 Å². The van der Waals surface area contributed by atoms with Gasteiger partial charge < -0.3 is 5.73 Å². The van der Waals surface area contributed by atoms with Crippen LogP contribution in [-0.4, -0.2) is 0 Å². The summed E-state index contributed by atoms with van der Waals surface area (Å²) in [5.41, 5.74) is 6.09. The molecule has 0 heterocycles. The molecule has 0 aliphatic carbocycles. The predicted octanol–water partition coefficient (Wildman–Crippen LogP) is 3.31. The lowest BCUT2D eigenvalue weighted by Crippen LogP contribution is -2.11. The van der Waals surface area contributed by atoms with E-state index in [4.69, 9.17) is 17.3 Å². The number of nitrogens with two attached hydrogens (primary N) is 1. The molecule has 1 aromatic carbocycles. The van der Waals surface area contributed by atoms with Crippen molar-refractivity contribution in [1.82, 2.24) is 0 Å². The summed E-state index contributed by atoms with van der Waals surface area (Å²) in [5, 5.41) is 0.407. The fourth-order valence-electron chi connectivity index (χ4n) is 1.07. The summed E-state index contributed by atoms with van der Waals surface area (Å²) in [4.78, 5) is 0. The molecule has 1 aromatic rings. The van der Waals surface area contributed by atoms with Gasteiger partial charge in [-0.2, -0.15) is 0 Å². The van der Waals surface area contributed by atoms with E-state index < -0.39 is 0 Å². The van der Waals surface area contributed by atoms with Crippen LogP contribution in [0.5, 0.6) is 0 Å². The summed E-state index contributed by atoms with van der Waals surface area (Å²) in [5.74, 6) is -0.322. The third-order valence-corrected chi connectivity index (χ3v) is 2.14. The Kier molecular flexibility index (Phi) is 5.30. The normalized spacial score (nSPS) is 12.0. The number of hydrogen-bond acceptors (Lipinski definition) is 1. The summed E-state index contributed by atoms with van der Waals surface area (Å²) in [6.07, 6.45) is 0.681. The summed E-state index contributed by atoms with van der Waals surface area (Å²) in [6.45, 7) is 1.90. The van der Waals surface area contributed by atoms with Crippen molar-refractivity contribution in [1.29, 1.82) is 0 Å². The van der Waals surface area contributed by atoms with Crippen LogP contribution >= 0.6 is 24.0 Å². The van der Waals surface area contributed by atoms with E-state index >= 15 is 0 Å². The molecule has 0 aliphatic rings. The van der Waals surface area contributed by atoms with Crippen LogP contribution in [0.25, 0.3) is 0 Å². The summed E-state index contributed by atoms with van der Waals surface area (Å²) in [6, 6.07) is 4.29. The average molecular weight is 224 g/mol. The molecule has 0 aromatic heterocycles. The fourth-order valence-corrected chi connectivity index (χ4v) is 1.37. The molecule has 0 saturated heterocycles. The van der Waals surface area contributed by atoms with Gasteiger partial charge in [-0.15, -0.1) is 12.4 Å². The molecule has 2 N–H and O–H groups in total. The van der Waals surface area contributed by atoms with E-state index in [1.54, 1.807) is 12.1 Å². The molecule has 4 heteroatoms. The maximum Gasteiger partial charge on any atom is 0.129 e. The van der Waals surface area contributed by atoms with E-state index in [0.29, 0.717) is 17.0 Å². The van der Waals surface area contributed by atoms with Crippen molar-refractivity contribution in [3.8, 4) is 0 Å². The fraction of sp³-hybridized carbons (Fsp3) is 0.333. The number of hydrogen-bond donors (Lipinski definition) is 1. The number of halogens is 3. The van der Waals surface area contributed by atoms with Gasteiger partial charge in [0.05, 0.1) is 0 Å². The standard InChI is InChI=1S/C9H11ClFN.ClH/c1-2-8(12)9-6(10)4-3-5-7(9)11;/h3-5,8H,2,12H2,1H3;1H/t8-;/m1./s1. The van der Waals surface area contributed by atoms with Gasteiger partial charge in [0, 0.05) is 16.6 Å². The van der Waals surface area contributed by atoms with Gasteiger partial charge in [-0.25, -0.2) is 4.39 Å². The minimum absolute atomic E-state index is 0. The van der Waals surface area contributed by atoms with E-state index in [2.05, 4.69) is 0 Å². The van der Waals surface area contributed by atoms with Crippen LogP contribution in [0.1, 0.15) is 24.9 Å². The lowest BCUT2D eigenvalue weighted by atomic mass is 10.1. The van der Waals surface area contributed by atoms with Crippen LogP contribution < -0.4 is 5.73 Å². The second-order valence-corrected chi connectivity index (χ2v) is 3.06. The first-order valence-corrected chi connectivity index (χ1v) is 4.24. The molecule has 1 rings (SSSR count). The van der Waals surface area contributed by atoms with Gasteiger partial charge in [-0.1, -0.05) is 24.6 Å². The van der Waals surface area contributed by atoms with Gasteiger partial charge in [0.15, 0.2) is 0 Å². The molecule has 13 heavy (non-hydrogen) atoms. The van der Waals surface area contributed by atoms with Crippen LogP contribution in [0.15, 0.2) is 18.2 Å². The zero-order chi connectivity index (χ0) is 9.14. The second-order valence-electron chi connectivity index (χ2n) is 2.65. The largest absolute Gasteiger partial charge is 0.324 e. The van der Waals surface area contributed by atoms with Crippen LogP contribution in [0.2, 0.25) is 5.02 Å². The molecule has 74 valence electrons. The maximum absolute atomic E-state index is 13.1. The number of rotatable bonds is 2. The molecule has 0 unspecified atom stereocenters. The summed E-state index contributed by atoms with van der Waals surface area (Å²) >= 11 is 5.78. The van der Waals surface area contributed by atoms with E-state index in [-0.39, 0.29) is 24.3 Å². The van der Waals surface area contributed by atoms with E-state index in [1.165, 1.54) is 6.07 Å². The minimum Gasteiger partial charge on any atom is -0.324 e. The van der Waals surface area contributed by atoms with Gasteiger partial charge >= 0.3 is 0 Å². The molecule has 0 bridgehead atoms. The zero-order valence-corrected chi connectivity index (χ0v) is 8.83. The van der Waals surface area contributed by atoms with Gasteiger partial charge in [0.1, 0.15) is 5.82 Å². The van der Waals surface area contributed by atoms with Crippen molar-refractivity contribution in [2.24, 2.45) is 5.73 Å². The molecule has 1 atom stereocenters. The molecule has 0 saturated carbocycles. The van der Waals surface area contributed by atoms with E-state index in [9.17, 15) is 4.39 Å². The maximum atomic E-state index is 13.1. The van der Waals surface area contributed by atoms with Crippen LogP contribution in [-0.2, 0) is 0 Å². The highest BCUT2D eigenvalue weighted by Gasteiger charge is 2.12. The molecular formula is C9H12Cl2FN. The van der Waals surface area contributed by atoms with Crippen molar-refractivity contribution in [3.63, 3.8) is 0 Å². The van der Waals surface area contributed by atoms with Crippen molar-refractivity contribution in [3.05, 3.63) is 34.6 Å². The average Bonchev–Trinajstić information content (AvgIpc) is 2.03. The first kappa shape index (κ1) is 12.7. The Morgan fingerprint density at radius 1 is 1.54 bits per heavy atom. The van der Waals surface area contributed by atoms with Crippen molar-refractivity contribution in [2.75, 3.05) is 0 Å². The smallest absolute Gasteiger partial charge is 0.129 e. The van der Waals surface area contributed by atoms with Crippen molar-refractivity contribution < 1.29 is 4.39 Å². The minimum atomic E-state index is -0.322. The Bertz CT molecular complexity index is 258. The Labute approximate surface area is 88.5 Å².